The van der Waals surface area contributed by atoms with Gasteiger partial charge in [-0.3, -0.25) is 18.8 Å². The zero-order chi connectivity index (χ0) is 29.5. The Morgan fingerprint density at radius 3 is 2.29 bits per heavy atom. The maximum atomic E-state index is 14.1. The summed E-state index contributed by atoms with van der Waals surface area (Å²) in [4.78, 5) is 39.4. The highest BCUT2D eigenvalue weighted by Gasteiger charge is 2.30. The summed E-state index contributed by atoms with van der Waals surface area (Å²) in [7, 11) is 0. The average molecular weight is 572 g/mol. The summed E-state index contributed by atoms with van der Waals surface area (Å²) in [5, 5.41) is 13.8. The molecular weight excluding hydrogens is 534 g/mol. The lowest BCUT2D eigenvalue weighted by molar-refractivity contribution is 0.197. The quantitative estimate of drug-likeness (QED) is 0.216. The van der Waals surface area contributed by atoms with Crippen LogP contribution in [0.2, 0.25) is 0 Å². The molecule has 42 heavy (non-hydrogen) atoms. The van der Waals surface area contributed by atoms with Crippen molar-refractivity contribution in [1.82, 2.24) is 33.7 Å². The second kappa shape index (κ2) is 13.5. The molecule has 220 valence electrons. The van der Waals surface area contributed by atoms with Crippen molar-refractivity contribution in [2.75, 3.05) is 26.2 Å². The van der Waals surface area contributed by atoms with Crippen molar-refractivity contribution in [3.8, 4) is 0 Å². The molecular formula is C31H37N7O4. The third-order valence-electron chi connectivity index (χ3n) is 7.59. The van der Waals surface area contributed by atoms with E-state index in [0.29, 0.717) is 68.4 Å². The number of benzene rings is 2. The highest BCUT2D eigenvalue weighted by Crippen LogP contribution is 2.31. The van der Waals surface area contributed by atoms with E-state index < -0.39 is 5.92 Å². The van der Waals surface area contributed by atoms with Crippen molar-refractivity contribution in [3.63, 3.8) is 0 Å². The number of aliphatic hydroxyl groups is 1. The van der Waals surface area contributed by atoms with E-state index in [2.05, 4.69) is 15.0 Å². The summed E-state index contributed by atoms with van der Waals surface area (Å²) in [6, 6.07) is 19.7. The van der Waals surface area contributed by atoms with Gasteiger partial charge in [-0.1, -0.05) is 79.7 Å². The van der Waals surface area contributed by atoms with Crippen LogP contribution in [0.3, 0.4) is 0 Å². The van der Waals surface area contributed by atoms with E-state index in [1.54, 1.807) is 4.57 Å². The van der Waals surface area contributed by atoms with Gasteiger partial charge in [0.25, 0.3) is 5.56 Å². The van der Waals surface area contributed by atoms with Gasteiger partial charge < -0.3 is 14.2 Å². The number of aliphatic hydroxyl groups excluding tert-OH is 1. The van der Waals surface area contributed by atoms with Crippen LogP contribution in [0.4, 0.5) is 0 Å². The van der Waals surface area contributed by atoms with Crippen molar-refractivity contribution in [2.24, 2.45) is 0 Å². The van der Waals surface area contributed by atoms with E-state index in [4.69, 9.17) is 9.51 Å². The molecule has 3 aromatic heterocycles. The number of hydrogen-bond acceptors (Lipinski definition) is 8. The molecule has 0 bridgehead atoms. The van der Waals surface area contributed by atoms with Crippen LogP contribution < -0.4 is 11.2 Å². The lowest BCUT2D eigenvalue weighted by Crippen LogP contribution is -2.41. The van der Waals surface area contributed by atoms with Crippen LogP contribution in [0.25, 0.3) is 11.2 Å². The number of nitrogens with zero attached hydrogens (tertiary/aromatic N) is 7. The lowest BCUT2D eigenvalue weighted by atomic mass is 9.97. The van der Waals surface area contributed by atoms with Gasteiger partial charge in [-0.2, -0.15) is 4.98 Å². The average Bonchev–Trinajstić information content (AvgIpc) is 3.68. The van der Waals surface area contributed by atoms with Crippen LogP contribution in [-0.2, 0) is 26.1 Å². The molecule has 0 fully saturated rings. The molecule has 0 saturated carbocycles. The first kappa shape index (κ1) is 29.2. The van der Waals surface area contributed by atoms with Crippen molar-refractivity contribution in [1.29, 1.82) is 0 Å². The van der Waals surface area contributed by atoms with E-state index in [0.717, 1.165) is 17.7 Å². The predicted molar refractivity (Wildman–Crippen MR) is 160 cm³/mol. The number of aromatic nitrogens is 6. The summed E-state index contributed by atoms with van der Waals surface area (Å²) in [6.45, 7) is 6.90. The summed E-state index contributed by atoms with van der Waals surface area (Å²) < 4.78 is 10.0. The summed E-state index contributed by atoms with van der Waals surface area (Å²) in [6.07, 6.45) is 2.52. The summed E-state index contributed by atoms with van der Waals surface area (Å²) >= 11 is 0. The maximum absolute atomic E-state index is 14.1. The van der Waals surface area contributed by atoms with Crippen molar-refractivity contribution < 1.29 is 9.63 Å². The lowest BCUT2D eigenvalue weighted by Gasteiger charge is -2.22. The van der Waals surface area contributed by atoms with E-state index >= 15 is 0 Å². The SMILES string of the molecule is CCCn1c(=O)c2c(nc(C(c3ccccc3)c3ncon3)n2CCN(CC)CCO)n(CCc2ccccc2)c1=O. The highest BCUT2D eigenvalue weighted by molar-refractivity contribution is 5.72. The van der Waals surface area contributed by atoms with Gasteiger partial charge in [-0.05, 0) is 30.5 Å². The molecule has 1 unspecified atom stereocenters. The number of fused-ring (bicyclic) bond motifs is 1. The Balaban J connectivity index is 1.76. The van der Waals surface area contributed by atoms with Crippen LogP contribution in [0, 0.1) is 0 Å². The fourth-order valence-corrected chi connectivity index (χ4v) is 5.44. The largest absolute Gasteiger partial charge is 0.395 e. The Kier molecular flexibility index (Phi) is 9.40. The third kappa shape index (κ3) is 5.97. The second-order valence-electron chi connectivity index (χ2n) is 10.2. The highest BCUT2D eigenvalue weighted by atomic mass is 16.5. The Morgan fingerprint density at radius 1 is 0.905 bits per heavy atom. The minimum Gasteiger partial charge on any atom is -0.395 e. The minimum atomic E-state index is -0.540. The van der Waals surface area contributed by atoms with Crippen LogP contribution in [-0.4, -0.2) is 65.1 Å². The second-order valence-corrected chi connectivity index (χ2v) is 10.2. The van der Waals surface area contributed by atoms with Gasteiger partial charge >= 0.3 is 5.69 Å². The van der Waals surface area contributed by atoms with Gasteiger partial charge in [0.1, 0.15) is 11.7 Å². The molecule has 1 atom stereocenters. The predicted octanol–water partition coefficient (Wildman–Crippen LogP) is 2.89. The smallest absolute Gasteiger partial charge is 0.332 e. The number of likely N-dealkylation sites (N-methyl/N-ethyl adjacent to an activating group) is 1. The summed E-state index contributed by atoms with van der Waals surface area (Å²) in [5.41, 5.74) is 1.95. The van der Waals surface area contributed by atoms with Crippen molar-refractivity contribution >= 4 is 11.2 Å². The minimum absolute atomic E-state index is 0.0310. The van der Waals surface area contributed by atoms with Crippen LogP contribution in [0.1, 0.15) is 49.0 Å². The summed E-state index contributed by atoms with van der Waals surface area (Å²) in [5.74, 6) is 0.423. The van der Waals surface area contributed by atoms with E-state index in [-0.39, 0.29) is 17.9 Å². The van der Waals surface area contributed by atoms with Gasteiger partial charge in [-0.25, -0.2) is 9.78 Å². The van der Waals surface area contributed by atoms with Gasteiger partial charge in [0, 0.05) is 32.7 Å². The molecule has 11 nitrogen and oxygen atoms in total. The topological polar surface area (TPSA) is 124 Å². The molecule has 5 aromatic rings. The third-order valence-corrected chi connectivity index (χ3v) is 7.59. The fraction of sp³-hybridized carbons (Fsp3) is 0.387. The number of rotatable bonds is 14. The molecule has 5 rings (SSSR count). The molecule has 0 spiro atoms. The monoisotopic (exact) mass is 571 g/mol. The van der Waals surface area contributed by atoms with Crippen molar-refractivity contribution in [2.45, 2.75) is 52.2 Å². The molecule has 3 heterocycles. The molecule has 2 aromatic carbocycles. The van der Waals surface area contributed by atoms with Crippen LogP contribution >= 0.6 is 0 Å². The van der Waals surface area contributed by atoms with E-state index in [1.807, 2.05) is 79.1 Å². The first-order chi connectivity index (χ1) is 20.6. The molecule has 11 heteroatoms. The van der Waals surface area contributed by atoms with Crippen molar-refractivity contribution in [3.05, 3.63) is 111 Å². The van der Waals surface area contributed by atoms with Crippen LogP contribution in [0.15, 0.2) is 81.2 Å². The number of hydrogen-bond donors (Lipinski definition) is 1. The molecule has 0 amide bonds. The Bertz CT molecular complexity index is 1690. The Morgan fingerprint density at radius 2 is 1.64 bits per heavy atom. The molecule has 0 aliphatic rings. The van der Waals surface area contributed by atoms with Gasteiger partial charge in [0.05, 0.1) is 6.61 Å². The maximum Gasteiger partial charge on any atom is 0.332 e. The van der Waals surface area contributed by atoms with Gasteiger partial charge in [-0.15, -0.1) is 0 Å². The fourth-order valence-electron chi connectivity index (χ4n) is 5.44. The number of aryl methyl sites for hydroxylation is 2. The Hall–Kier alpha value is -4.35. The van der Waals surface area contributed by atoms with Crippen LogP contribution in [0.5, 0.6) is 0 Å². The van der Waals surface area contributed by atoms with E-state index in [1.165, 1.54) is 11.0 Å². The first-order valence-corrected chi connectivity index (χ1v) is 14.5. The number of imidazole rings is 1. The van der Waals surface area contributed by atoms with Gasteiger partial charge in [0.15, 0.2) is 17.0 Å². The normalized spacial score (nSPS) is 12.4. The molecule has 0 aliphatic heterocycles. The zero-order valence-corrected chi connectivity index (χ0v) is 24.1. The van der Waals surface area contributed by atoms with E-state index in [9.17, 15) is 14.7 Å². The molecule has 0 saturated heterocycles. The molecule has 0 aliphatic carbocycles. The molecule has 1 N–H and O–H groups in total. The zero-order valence-electron chi connectivity index (χ0n) is 24.1. The standard InChI is InChI=1S/C31H37N7O4/c1-3-16-38-30(40)26-29(37(31(38)41)17-15-23-11-7-5-8-12-23)33-28(36(26)19-18-35(4-2)20-21-39)25(27-32-22-42-34-27)24-13-9-6-10-14-24/h5-14,22,25,39H,3-4,15-21H2,1-2H3. The van der Waals surface area contributed by atoms with Gasteiger partial charge in [0.2, 0.25) is 6.39 Å². The Labute approximate surface area is 243 Å². The molecule has 0 radical (unpaired) electrons. The first-order valence-electron chi connectivity index (χ1n) is 14.5.